The number of nitrogens with one attached hydrogen (secondary N) is 1. The van der Waals surface area contributed by atoms with E-state index < -0.39 is 0 Å². The molecule has 0 radical (unpaired) electrons. The molecule has 108 valence electrons. The van der Waals surface area contributed by atoms with Gasteiger partial charge in [0.05, 0.1) is 4.47 Å². The lowest BCUT2D eigenvalue weighted by Crippen LogP contribution is -2.36. The van der Waals surface area contributed by atoms with Gasteiger partial charge in [0.1, 0.15) is 5.82 Å². The molecule has 1 N–H and O–H groups in total. The molecule has 0 spiro atoms. The second-order valence-corrected chi connectivity index (χ2v) is 7.34. The second kappa shape index (κ2) is 6.85. The van der Waals surface area contributed by atoms with Gasteiger partial charge < -0.3 is 5.32 Å². The van der Waals surface area contributed by atoms with Crippen molar-refractivity contribution in [3.63, 3.8) is 0 Å². The molecule has 1 aromatic carbocycles. The lowest BCUT2D eigenvalue weighted by atomic mass is 9.77. The fraction of sp³-hybridized carbons (Fsp3) is 0.625. The van der Waals surface area contributed by atoms with Crippen LogP contribution in [0.5, 0.6) is 0 Å². The van der Waals surface area contributed by atoms with Crippen LogP contribution in [0, 0.1) is 17.2 Å². The van der Waals surface area contributed by atoms with Gasteiger partial charge in [0.2, 0.25) is 0 Å². The minimum Gasteiger partial charge on any atom is -0.314 e. The van der Waals surface area contributed by atoms with Crippen molar-refractivity contribution in [2.45, 2.75) is 47.1 Å². The van der Waals surface area contributed by atoms with Crippen LogP contribution in [0.4, 0.5) is 4.39 Å². The summed E-state index contributed by atoms with van der Waals surface area (Å²) in [5, 5.41) is 3.50. The maximum Gasteiger partial charge on any atom is 0.137 e. The van der Waals surface area contributed by atoms with Crippen LogP contribution in [0.25, 0.3) is 0 Å². The highest BCUT2D eigenvalue weighted by Crippen LogP contribution is 2.31. The molecule has 1 aromatic rings. The molecule has 19 heavy (non-hydrogen) atoms. The van der Waals surface area contributed by atoms with Crippen LogP contribution in [0.1, 0.15) is 40.2 Å². The Labute approximate surface area is 125 Å². The third kappa shape index (κ3) is 5.23. The predicted molar refractivity (Wildman–Crippen MR) is 83.9 cm³/mol. The van der Waals surface area contributed by atoms with Gasteiger partial charge in [0, 0.05) is 6.04 Å². The zero-order valence-electron chi connectivity index (χ0n) is 12.6. The van der Waals surface area contributed by atoms with Gasteiger partial charge >= 0.3 is 0 Å². The van der Waals surface area contributed by atoms with E-state index in [0.29, 0.717) is 16.4 Å². The summed E-state index contributed by atoms with van der Waals surface area (Å²) in [5.41, 5.74) is 1.23. The van der Waals surface area contributed by atoms with Gasteiger partial charge in [-0.05, 0) is 51.9 Å². The largest absolute Gasteiger partial charge is 0.314 e. The van der Waals surface area contributed by atoms with E-state index >= 15 is 0 Å². The minimum absolute atomic E-state index is 0.179. The standard InChI is InChI=1S/C16H25BrFN/c1-11(2)19-10-13(16(3,4)5)9-12-7-6-8-14(18)15(12)17/h6-8,11,13,19H,9-10H2,1-5H3. The van der Waals surface area contributed by atoms with Crippen LogP contribution in [0.2, 0.25) is 0 Å². The van der Waals surface area contributed by atoms with E-state index in [1.54, 1.807) is 6.07 Å². The number of hydrogen-bond acceptors (Lipinski definition) is 1. The Kier molecular flexibility index (Phi) is 6.00. The molecule has 3 heteroatoms. The summed E-state index contributed by atoms with van der Waals surface area (Å²) >= 11 is 3.36. The molecule has 0 aromatic heterocycles. The van der Waals surface area contributed by atoms with Crippen molar-refractivity contribution >= 4 is 15.9 Å². The molecule has 0 amide bonds. The second-order valence-electron chi connectivity index (χ2n) is 6.54. The first kappa shape index (κ1) is 16.6. The zero-order chi connectivity index (χ0) is 14.6. The number of rotatable bonds is 5. The summed E-state index contributed by atoms with van der Waals surface area (Å²) in [5.74, 6) is 0.287. The SMILES string of the molecule is CC(C)NCC(Cc1cccc(F)c1Br)C(C)(C)C. The summed E-state index contributed by atoms with van der Waals surface area (Å²) < 4.78 is 14.2. The van der Waals surface area contributed by atoms with Crippen molar-refractivity contribution < 1.29 is 4.39 Å². The van der Waals surface area contributed by atoms with Gasteiger partial charge in [-0.15, -0.1) is 0 Å². The predicted octanol–water partition coefficient (Wildman–Crippen LogP) is 4.79. The van der Waals surface area contributed by atoms with Gasteiger partial charge in [-0.2, -0.15) is 0 Å². The van der Waals surface area contributed by atoms with E-state index in [9.17, 15) is 4.39 Å². The fourth-order valence-electron chi connectivity index (χ4n) is 2.03. The molecule has 1 nitrogen and oxygen atoms in total. The third-order valence-electron chi connectivity index (χ3n) is 3.50. The van der Waals surface area contributed by atoms with E-state index in [-0.39, 0.29) is 11.2 Å². The molecule has 1 unspecified atom stereocenters. The van der Waals surface area contributed by atoms with E-state index in [1.807, 2.05) is 6.07 Å². The zero-order valence-corrected chi connectivity index (χ0v) is 14.1. The molecule has 0 heterocycles. The first-order chi connectivity index (χ1) is 8.71. The lowest BCUT2D eigenvalue weighted by molar-refractivity contribution is 0.226. The highest BCUT2D eigenvalue weighted by Gasteiger charge is 2.25. The first-order valence-electron chi connectivity index (χ1n) is 6.88. The molecule has 0 saturated heterocycles. The van der Waals surface area contributed by atoms with Gasteiger partial charge in [-0.3, -0.25) is 0 Å². The van der Waals surface area contributed by atoms with Crippen LogP contribution in [0.3, 0.4) is 0 Å². The van der Waals surface area contributed by atoms with Crippen molar-refractivity contribution in [3.8, 4) is 0 Å². The first-order valence-corrected chi connectivity index (χ1v) is 7.67. The Hall–Kier alpha value is -0.410. The van der Waals surface area contributed by atoms with E-state index in [2.05, 4.69) is 55.9 Å². The molecule has 0 aliphatic carbocycles. The van der Waals surface area contributed by atoms with Crippen LogP contribution >= 0.6 is 15.9 Å². The normalized spacial score (nSPS) is 13.9. The van der Waals surface area contributed by atoms with Gasteiger partial charge in [0.25, 0.3) is 0 Å². The summed E-state index contributed by atoms with van der Waals surface area (Å²) in [6.45, 7) is 12.0. The highest BCUT2D eigenvalue weighted by molar-refractivity contribution is 9.10. The Morgan fingerprint density at radius 2 is 1.89 bits per heavy atom. The maximum atomic E-state index is 13.6. The number of benzene rings is 1. The smallest absolute Gasteiger partial charge is 0.137 e. The highest BCUT2D eigenvalue weighted by atomic mass is 79.9. The van der Waals surface area contributed by atoms with E-state index in [0.717, 1.165) is 18.5 Å². The van der Waals surface area contributed by atoms with E-state index in [1.165, 1.54) is 6.07 Å². The summed E-state index contributed by atoms with van der Waals surface area (Å²) in [6.07, 6.45) is 0.877. The van der Waals surface area contributed by atoms with Gasteiger partial charge in [0.15, 0.2) is 0 Å². The Morgan fingerprint density at radius 1 is 1.26 bits per heavy atom. The molecule has 1 atom stereocenters. The molecule has 0 aliphatic rings. The van der Waals surface area contributed by atoms with E-state index in [4.69, 9.17) is 0 Å². The fourth-order valence-corrected chi connectivity index (χ4v) is 2.46. The minimum atomic E-state index is -0.179. The molecule has 0 aliphatic heterocycles. The Morgan fingerprint density at radius 3 is 2.42 bits per heavy atom. The molecule has 0 saturated carbocycles. The van der Waals surface area contributed by atoms with Crippen molar-refractivity contribution in [2.75, 3.05) is 6.54 Å². The Bertz CT molecular complexity index is 410. The molecule has 1 rings (SSSR count). The third-order valence-corrected chi connectivity index (χ3v) is 4.38. The summed E-state index contributed by atoms with van der Waals surface area (Å²) in [7, 11) is 0. The topological polar surface area (TPSA) is 12.0 Å². The quantitative estimate of drug-likeness (QED) is 0.818. The van der Waals surface area contributed by atoms with Crippen molar-refractivity contribution in [2.24, 2.45) is 11.3 Å². The number of hydrogen-bond donors (Lipinski definition) is 1. The van der Waals surface area contributed by atoms with Crippen LogP contribution in [-0.4, -0.2) is 12.6 Å². The van der Waals surface area contributed by atoms with Gasteiger partial charge in [-0.1, -0.05) is 46.8 Å². The van der Waals surface area contributed by atoms with Crippen LogP contribution < -0.4 is 5.32 Å². The summed E-state index contributed by atoms with van der Waals surface area (Å²) in [4.78, 5) is 0. The average Bonchev–Trinajstić information content (AvgIpc) is 2.27. The van der Waals surface area contributed by atoms with Gasteiger partial charge in [-0.25, -0.2) is 4.39 Å². The van der Waals surface area contributed by atoms with Crippen LogP contribution in [0.15, 0.2) is 22.7 Å². The molecular weight excluding hydrogens is 305 g/mol. The monoisotopic (exact) mass is 329 g/mol. The lowest BCUT2D eigenvalue weighted by Gasteiger charge is -2.32. The summed E-state index contributed by atoms with van der Waals surface area (Å²) in [6, 6.07) is 5.75. The van der Waals surface area contributed by atoms with Crippen molar-refractivity contribution in [3.05, 3.63) is 34.1 Å². The molecule has 0 fully saturated rings. The average molecular weight is 330 g/mol. The van der Waals surface area contributed by atoms with Crippen molar-refractivity contribution in [1.82, 2.24) is 5.32 Å². The number of halogens is 2. The maximum absolute atomic E-state index is 13.6. The molecular formula is C16H25BrFN. The van der Waals surface area contributed by atoms with Crippen LogP contribution in [-0.2, 0) is 6.42 Å². The van der Waals surface area contributed by atoms with Crippen molar-refractivity contribution in [1.29, 1.82) is 0 Å². The molecule has 0 bridgehead atoms. The Balaban J connectivity index is 2.85.